The molecule has 0 aliphatic rings. The Morgan fingerprint density at radius 2 is 0.896 bits per heavy atom. The van der Waals surface area contributed by atoms with Crippen LogP contribution in [0.1, 0.15) is 11.1 Å². The molecule has 8 aromatic carbocycles. The lowest BCUT2D eigenvalue weighted by Crippen LogP contribution is -2.15. The maximum absolute atomic E-state index is 4.60. The lowest BCUT2D eigenvalue weighted by atomic mass is 9.85. The van der Waals surface area contributed by atoms with Gasteiger partial charge < -0.3 is 4.90 Å². The van der Waals surface area contributed by atoms with Gasteiger partial charge in [0.1, 0.15) is 0 Å². The molecule has 0 N–H and O–H groups in total. The van der Waals surface area contributed by atoms with Gasteiger partial charge in [0, 0.05) is 17.1 Å². The first-order valence-corrected chi connectivity index (χ1v) is 16.5. The first-order chi connectivity index (χ1) is 23.7. The summed E-state index contributed by atoms with van der Waals surface area (Å²) in [6, 6.07) is 65.2. The lowest BCUT2D eigenvalue weighted by Gasteiger charge is -2.29. The topological polar surface area (TPSA) is 3.24 Å². The number of fused-ring (bicyclic) bond motifs is 2. The predicted octanol–water partition coefficient (Wildman–Crippen LogP) is 13.1. The molecule has 0 bridgehead atoms. The third-order valence-corrected chi connectivity index (χ3v) is 9.34. The highest BCUT2D eigenvalue weighted by Gasteiger charge is 2.19. The molecule has 8 aromatic rings. The van der Waals surface area contributed by atoms with E-state index in [4.69, 9.17) is 0 Å². The first-order valence-electron chi connectivity index (χ1n) is 16.5. The van der Waals surface area contributed by atoms with E-state index in [-0.39, 0.29) is 0 Å². The largest absolute Gasteiger partial charge is 0.310 e. The predicted molar refractivity (Wildman–Crippen MR) is 207 cm³/mol. The van der Waals surface area contributed by atoms with Gasteiger partial charge in [0.15, 0.2) is 0 Å². The zero-order valence-corrected chi connectivity index (χ0v) is 27.0. The smallest absolute Gasteiger partial charge is 0.0490 e. The number of para-hydroxylation sites is 2. The van der Waals surface area contributed by atoms with Crippen LogP contribution in [0.3, 0.4) is 0 Å². The molecule has 0 unspecified atom stereocenters. The van der Waals surface area contributed by atoms with Gasteiger partial charge in [0.05, 0.1) is 0 Å². The summed E-state index contributed by atoms with van der Waals surface area (Å²) >= 11 is 0. The summed E-state index contributed by atoms with van der Waals surface area (Å²) in [5, 5.41) is 5.03. The fraction of sp³-hybridized carbons (Fsp3) is 0.0213. The second kappa shape index (κ2) is 12.5. The van der Waals surface area contributed by atoms with Crippen LogP contribution in [0.5, 0.6) is 0 Å². The van der Waals surface area contributed by atoms with Crippen molar-refractivity contribution in [1.29, 1.82) is 0 Å². The maximum Gasteiger partial charge on any atom is 0.0490 e. The highest BCUT2D eigenvalue weighted by atomic mass is 15.1. The van der Waals surface area contributed by atoms with Crippen LogP contribution in [0.15, 0.2) is 189 Å². The molecule has 0 amide bonds. The molecule has 0 atom stereocenters. The third-order valence-electron chi connectivity index (χ3n) is 9.34. The number of hydrogen-bond donors (Lipinski definition) is 0. The summed E-state index contributed by atoms with van der Waals surface area (Å²) in [6.07, 6.45) is 0. The SMILES string of the molecule is C=C(c1ccc(-c2ccc3c(-c4ccccc4)c4ccccc4c(-c4ccccc4)c3c2)cc1)N(c1ccccc1)c1ccccc1C. The van der Waals surface area contributed by atoms with Crippen molar-refractivity contribution in [3.05, 3.63) is 200 Å². The number of rotatable bonds is 7. The fourth-order valence-corrected chi connectivity index (χ4v) is 7.01. The lowest BCUT2D eigenvalue weighted by molar-refractivity contribution is 1.26. The normalized spacial score (nSPS) is 11.1. The van der Waals surface area contributed by atoms with E-state index in [1.807, 2.05) is 0 Å². The van der Waals surface area contributed by atoms with Gasteiger partial charge in [-0.2, -0.15) is 0 Å². The molecule has 0 spiro atoms. The average molecular weight is 614 g/mol. The Bertz CT molecular complexity index is 2390. The Balaban J connectivity index is 1.27. The van der Waals surface area contributed by atoms with E-state index in [2.05, 4.69) is 200 Å². The number of aryl methyl sites for hydroxylation is 1. The van der Waals surface area contributed by atoms with E-state index in [0.29, 0.717) is 0 Å². The Morgan fingerprint density at radius 3 is 1.50 bits per heavy atom. The third kappa shape index (κ3) is 5.26. The summed E-state index contributed by atoms with van der Waals surface area (Å²) in [5.74, 6) is 0. The monoisotopic (exact) mass is 613 g/mol. The van der Waals surface area contributed by atoms with Crippen LogP contribution >= 0.6 is 0 Å². The van der Waals surface area contributed by atoms with E-state index in [1.54, 1.807) is 0 Å². The Morgan fingerprint density at radius 1 is 0.417 bits per heavy atom. The van der Waals surface area contributed by atoms with Crippen LogP contribution in [0.25, 0.3) is 60.6 Å². The molecule has 0 aliphatic heterocycles. The molecule has 0 saturated carbocycles. The molecule has 0 heterocycles. The van der Waals surface area contributed by atoms with Crippen LogP contribution < -0.4 is 4.90 Å². The fourth-order valence-electron chi connectivity index (χ4n) is 7.01. The minimum atomic E-state index is 0.936. The van der Waals surface area contributed by atoms with Crippen molar-refractivity contribution in [2.45, 2.75) is 6.92 Å². The van der Waals surface area contributed by atoms with E-state index in [1.165, 1.54) is 60.5 Å². The summed E-state index contributed by atoms with van der Waals surface area (Å²) in [7, 11) is 0. The average Bonchev–Trinajstić information content (AvgIpc) is 3.15. The highest BCUT2D eigenvalue weighted by Crippen LogP contribution is 2.45. The molecule has 1 heteroatoms. The van der Waals surface area contributed by atoms with Crippen molar-refractivity contribution in [3.8, 4) is 33.4 Å². The van der Waals surface area contributed by atoms with Gasteiger partial charge in [-0.3, -0.25) is 0 Å². The number of hydrogen-bond acceptors (Lipinski definition) is 1. The van der Waals surface area contributed by atoms with Crippen molar-refractivity contribution < 1.29 is 0 Å². The van der Waals surface area contributed by atoms with Gasteiger partial charge in [0.2, 0.25) is 0 Å². The standard InChI is InChI=1S/C47H35N/c1-33-16-12-15-25-45(33)48(40-21-10-5-11-22-40)34(2)35-26-28-36(29-27-35)39-30-31-43-44(32-39)47(38-19-8-4-9-20-38)42-24-14-13-23-41(42)46(43)37-17-6-3-7-18-37/h3-32H,2H2,1H3. The van der Waals surface area contributed by atoms with Gasteiger partial charge in [-0.1, -0.05) is 164 Å². The van der Waals surface area contributed by atoms with Crippen LogP contribution in [-0.4, -0.2) is 0 Å². The molecule has 0 fully saturated rings. The number of benzene rings is 8. The van der Waals surface area contributed by atoms with Crippen molar-refractivity contribution in [1.82, 2.24) is 0 Å². The van der Waals surface area contributed by atoms with E-state index < -0.39 is 0 Å². The first kappa shape index (κ1) is 29.2. The minimum Gasteiger partial charge on any atom is -0.310 e. The van der Waals surface area contributed by atoms with Crippen molar-refractivity contribution in [2.24, 2.45) is 0 Å². The second-order valence-electron chi connectivity index (χ2n) is 12.3. The Kier molecular flexibility index (Phi) is 7.64. The number of nitrogens with zero attached hydrogens (tertiary/aromatic N) is 1. The van der Waals surface area contributed by atoms with Gasteiger partial charge in [-0.05, 0) is 97.2 Å². The van der Waals surface area contributed by atoms with E-state index in [0.717, 1.165) is 22.6 Å². The van der Waals surface area contributed by atoms with Crippen LogP contribution in [0.4, 0.5) is 11.4 Å². The molecule has 0 saturated heterocycles. The molecule has 228 valence electrons. The molecule has 0 aromatic heterocycles. The van der Waals surface area contributed by atoms with Gasteiger partial charge in [0.25, 0.3) is 0 Å². The van der Waals surface area contributed by atoms with Crippen molar-refractivity contribution in [2.75, 3.05) is 4.90 Å². The van der Waals surface area contributed by atoms with E-state index >= 15 is 0 Å². The molecule has 0 aliphatic carbocycles. The summed E-state index contributed by atoms with van der Waals surface area (Å²) < 4.78 is 0. The summed E-state index contributed by atoms with van der Waals surface area (Å²) in [4.78, 5) is 2.25. The molecule has 8 rings (SSSR count). The van der Waals surface area contributed by atoms with Gasteiger partial charge >= 0.3 is 0 Å². The Labute approximate surface area is 282 Å². The molecule has 1 nitrogen and oxygen atoms in total. The Hall–Kier alpha value is -6.18. The molecule has 48 heavy (non-hydrogen) atoms. The van der Waals surface area contributed by atoms with Gasteiger partial charge in [-0.25, -0.2) is 0 Å². The highest BCUT2D eigenvalue weighted by molar-refractivity contribution is 6.22. The zero-order valence-electron chi connectivity index (χ0n) is 27.0. The van der Waals surface area contributed by atoms with Crippen molar-refractivity contribution in [3.63, 3.8) is 0 Å². The number of anilines is 2. The van der Waals surface area contributed by atoms with Crippen LogP contribution in [-0.2, 0) is 0 Å². The van der Waals surface area contributed by atoms with Crippen LogP contribution in [0, 0.1) is 6.92 Å². The molecular formula is C47H35N. The van der Waals surface area contributed by atoms with Gasteiger partial charge in [-0.15, -0.1) is 0 Å². The van der Waals surface area contributed by atoms with E-state index in [9.17, 15) is 0 Å². The summed E-state index contributed by atoms with van der Waals surface area (Å²) in [5.41, 5.74) is 12.8. The summed E-state index contributed by atoms with van der Waals surface area (Å²) in [6.45, 7) is 6.75. The zero-order chi connectivity index (χ0) is 32.5. The van der Waals surface area contributed by atoms with Crippen molar-refractivity contribution >= 4 is 38.6 Å². The minimum absolute atomic E-state index is 0.936. The molecule has 0 radical (unpaired) electrons. The quantitative estimate of drug-likeness (QED) is 0.162. The van der Waals surface area contributed by atoms with Crippen LogP contribution in [0.2, 0.25) is 0 Å². The maximum atomic E-state index is 4.60. The second-order valence-corrected chi connectivity index (χ2v) is 12.3. The molecular weight excluding hydrogens is 579 g/mol.